The van der Waals surface area contributed by atoms with Gasteiger partial charge >= 0.3 is 6.18 Å². The van der Waals surface area contributed by atoms with E-state index in [0.717, 1.165) is 12.8 Å². The van der Waals surface area contributed by atoms with Gasteiger partial charge in [-0.3, -0.25) is 4.79 Å². The molecule has 6 heteroatoms. The first kappa shape index (κ1) is 13.6. The van der Waals surface area contributed by atoms with E-state index in [2.05, 4.69) is 0 Å². The topological polar surface area (TPSA) is 46.3 Å². The van der Waals surface area contributed by atoms with Crippen LogP contribution in [0.15, 0.2) is 0 Å². The first-order valence-electron chi connectivity index (χ1n) is 6.49. The molecule has 1 aliphatic heterocycles. The van der Waals surface area contributed by atoms with Gasteiger partial charge in [-0.1, -0.05) is 12.8 Å². The Balaban J connectivity index is 1.79. The van der Waals surface area contributed by atoms with E-state index in [4.69, 9.17) is 5.73 Å². The predicted molar refractivity (Wildman–Crippen MR) is 60.7 cm³/mol. The average Bonchev–Trinajstić information content (AvgIpc) is 3.11. The lowest BCUT2D eigenvalue weighted by Gasteiger charge is -2.34. The average molecular weight is 264 g/mol. The van der Waals surface area contributed by atoms with E-state index < -0.39 is 18.1 Å². The highest BCUT2D eigenvalue weighted by Crippen LogP contribution is 2.35. The van der Waals surface area contributed by atoms with Gasteiger partial charge in [0.1, 0.15) is 0 Å². The van der Waals surface area contributed by atoms with Crippen molar-refractivity contribution in [3.63, 3.8) is 0 Å². The summed E-state index contributed by atoms with van der Waals surface area (Å²) in [6.07, 6.45) is -1.20. The van der Waals surface area contributed by atoms with E-state index in [1.807, 2.05) is 0 Å². The Hall–Kier alpha value is -0.780. The van der Waals surface area contributed by atoms with Crippen molar-refractivity contribution in [1.29, 1.82) is 0 Å². The number of amides is 1. The first-order valence-corrected chi connectivity index (χ1v) is 6.49. The van der Waals surface area contributed by atoms with Crippen molar-refractivity contribution >= 4 is 5.91 Å². The van der Waals surface area contributed by atoms with Gasteiger partial charge in [-0.25, -0.2) is 0 Å². The molecular formula is C12H19F3N2O. The SMILES string of the molecule is NC(CC1CC1)C(=O)N1CCC(C(F)(F)F)CC1. The van der Waals surface area contributed by atoms with Crippen LogP contribution < -0.4 is 5.73 Å². The van der Waals surface area contributed by atoms with Crippen LogP contribution in [-0.4, -0.2) is 36.1 Å². The summed E-state index contributed by atoms with van der Waals surface area (Å²) >= 11 is 0. The molecule has 3 nitrogen and oxygen atoms in total. The van der Waals surface area contributed by atoms with Crippen LogP contribution in [-0.2, 0) is 4.79 Å². The Kier molecular flexibility index (Phi) is 3.84. The van der Waals surface area contributed by atoms with Gasteiger partial charge in [0.15, 0.2) is 0 Å². The van der Waals surface area contributed by atoms with E-state index in [1.165, 1.54) is 4.90 Å². The normalized spacial score (nSPS) is 24.1. The maximum Gasteiger partial charge on any atom is 0.391 e. The second-order valence-corrected chi connectivity index (χ2v) is 5.43. The lowest BCUT2D eigenvalue weighted by atomic mass is 9.95. The minimum Gasteiger partial charge on any atom is -0.341 e. The van der Waals surface area contributed by atoms with Crippen LogP contribution in [0.25, 0.3) is 0 Å². The Morgan fingerprint density at radius 2 is 1.78 bits per heavy atom. The Morgan fingerprint density at radius 1 is 1.22 bits per heavy atom. The molecule has 0 spiro atoms. The quantitative estimate of drug-likeness (QED) is 0.846. The molecule has 1 saturated carbocycles. The van der Waals surface area contributed by atoms with Gasteiger partial charge in [-0.05, 0) is 25.2 Å². The molecule has 1 atom stereocenters. The zero-order valence-electron chi connectivity index (χ0n) is 10.2. The highest BCUT2D eigenvalue weighted by molar-refractivity contribution is 5.81. The largest absolute Gasteiger partial charge is 0.391 e. The maximum absolute atomic E-state index is 12.5. The van der Waals surface area contributed by atoms with Crippen molar-refractivity contribution in [1.82, 2.24) is 4.90 Å². The fraction of sp³-hybridized carbons (Fsp3) is 0.917. The highest BCUT2D eigenvalue weighted by Gasteiger charge is 2.42. The molecule has 0 bridgehead atoms. The van der Waals surface area contributed by atoms with Gasteiger partial charge in [0.2, 0.25) is 5.91 Å². The fourth-order valence-electron chi connectivity index (χ4n) is 2.48. The van der Waals surface area contributed by atoms with Gasteiger partial charge in [0.05, 0.1) is 12.0 Å². The molecule has 2 rings (SSSR count). The molecule has 1 aliphatic carbocycles. The van der Waals surface area contributed by atoms with E-state index in [0.29, 0.717) is 12.3 Å². The first-order chi connectivity index (χ1) is 8.38. The van der Waals surface area contributed by atoms with Crippen LogP contribution in [0.5, 0.6) is 0 Å². The van der Waals surface area contributed by atoms with Crippen molar-refractivity contribution in [3.05, 3.63) is 0 Å². The van der Waals surface area contributed by atoms with Crippen LogP contribution in [0.3, 0.4) is 0 Å². The number of piperidine rings is 1. The Morgan fingerprint density at radius 3 is 2.22 bits per heavy atom. The third kappa shape index (κ3) is 3.37. The second-order valence-electron chi connectivity index (χ2n) is 5.43. The van der Waals surface area contributed by atoms with Crippen molar-refractivity contribution in [2.24, 2.45) is 17.6 Å². The molecular weight excluding hydrogens is 245 g/mol. The molecule has 0 radical (unpaired) electrons. The number of alkyl halides is 3. The zero-order chi connectivity index (χ0) is 13.3. The Labute approximate surface area is 104 Å². The smallest absolute Gasteiger partial charge is 0.341 e. The highest BCUT2D eigenvalue weighted by atomic mass is 19.4. The van der Waals surface area contributed by atoms with Gasteiger partial charge in [0, 0.05) is 13.1 Å². The second kappa shape index (κ2) is 5.07. The third-order valence-corrected chi connectivity index (χ3v) is 3.87. The van der Waals surface area contributed by atoms with Crippen LogP contribution in [0.1, 0.15) is 32.1 Å². The number of nitrogens with zero attached hydrogens (tertiary/aromatic N) is 1. The van der Waals surface area contributed by atoms with Crippen LogP contribution in [0.2, 0.25) is 0 Å². The summed E-state index contributed by atoms with van der Waals surface area (Å²) < 4.78 is 37.4. The van der Waals surface area contributed by atoms with Crippen molar-refractivity contribution in [2.75, 3.05) is 13.1 Å². The van der Waals surface area contributed by atoms with Gasteiger partial charge in [0.25, 0.3) is 0 Å². The molecule has 1 amide bonds. The lowest BCUT2D eigenvalue weighted by Crippen LogP contribution is -2.48. The lowest BCUT2D eigenvalue weighted by molar-refractivity contribution is -0.186. The molecule has 18 heavy (non-hydrogen) atoms. The molecule has 2 aliphatic rings. The summed E-state index contributed by atoms with van der Waals surface area (Å²) in [5, 5.41) is 0. The standard InChI is InChI=1S/C12H19F3N2O/c13-12(14,15)9-3-5-17(6-4-9)11(18)10(16)7-8-1-2-8/h8-10H,1-7,16H2. The van der Waals surface area contributed by atoms with Crippen molar-refractivity contribution in [2.45, 2.75) is 44.3 Å². The molecule has 2 fully saturated rings. The van der Waals surface area contributed by atoms with Gasteiger partial charge in [-0.15, -0.1) is 0 Å². The van der Waals surface area contributed by atoms with E-state index in [-0.39, 0.29) is 31.8 Å². The number of likely N-dealkylation sites (tertiary alicyclic amines) is 1. The summed E-state index contributed by atoms with van der Waals surface area (Å²) in [4.78, 5) is 13.4. The predicted octanol–water partition coefficient (Wildman–Crippen LogP) is 1.91. The molecule has 0 aromatic carbocycles. The zero-order valence-corrected chi connectivity index (χ0v) is 10.2. The molecule has 2 N–H and O–H groups in total. The van der Waals surface area contributed by atoms with Crippen LogP contribution in [0, 0.1) is 11.8 Å². The van der Waals surface area contributed by atoms with Gasteiger partial charge < -0.3 is 10.6 Å². The number of nitrogens with two attached hydrogens (primary N) is 1. The van der Waals surface area contributed by atoms with Crippen molar-refractivity contribution in [3.8, 4) is 0 Å². The van der Waals surface area contributed by atoms with Crippen LogP contribution >= 0.6 is 0 Å². The molecule has 1 heterocycles. The minimum absolute atomic E-state index is 0.00535. The molecule has 0 aromatic heterocycles. The number of halogens is 3. The van der Waals surface area contributed by atoms with E-state index >= 15 is 0 Å². The summed E-state index contributed by atoms with van der Waals surface area (Å²) in [6, 6.07) is -0.528. The molecule has 0 aromatic rings. The number of hydrogen-bond donors (Lipinski definition) is 1. The maximum atomic E-state index is 12.5. The third-order valence-electron chi connectivity index (χ3n) is 3.87. The summed E-state index contributed by atoms with van der Waals surface area (Å²) in [5.74, 6) is -0.889. The Bertz CT molecular complexity index is 307. The van der Waals surface area contributed by atoms with Gasteiger partial charge in [-0.2, -0.15) is 13.2 Å². The molecule has 1 saturated heterocycles. The fourth-order valence-corrected chi connectivity index (χ4v) is 2.48. The summed E-state index contributed by atoms with van der Waals surface area (Å²) in [5.41, 5.74) is 5.80. The molecule has 1 unspecified atom stereocenters. The molecule has 104 valence electrons. The number of hydrogen-bond acceptors (Lipinski definition) is 2. The van der Waals surface area contributed by atoms with E-state index in [1.54, 1.807) is 0 Å². The number of rotatable bonds is 3. The number of carbonyl (C=O) groups excluding carboxylic acids is 1. The summed E-state index contributed by atoms with van der Waals surface area (Å²) in [6.45, 7) is 0.364. The van der Waals surface area contributed by atoms with Crippen LogP contribution in [0.4, 0.5) is 13.2 Å². The minimum atomic E-state index is -4.13. The van der Waals surface area contributed by atoms with E-state index in [9.17, 15) is 18.0 Å². The number of carbonyl (C=O) groups is 1. The summed E-state index contributed by atoms with van der Waals surface area (Å²) in [7, 11) is 0. The monoisotopic (exact) mass is 264 g/mol. The van der Waals surface area contributed by atoms with Crippen molar-refractivity contribution < 1.29 is 18.0 Å².